The zero-order valence-corrected chi connectivity index (χ0v) is 14.0. The molecule has 0 fully saturated rings. The summed E-state index contributed by atoms with van der Waals surface area (Å²) in [4.78, 5) is 18.6. The Kier molecular flexibility index (Phi) is 6.11. The monoisotopic (exact) mass is 312 g/mol. The lowest BCUT2D eigenvalue weighted by atomic mass is 10.1. The van der Waals surface area contributed by atoms with E-state index in [0.717, 1.165) is 23.6 Å². The molecule has 5 heteroatoms. The van der Waals surface area contributed by atoms with E-state index in [1.54, 1.807) is 0 Å². The van der Waals surface area contributed by atoms with Crippen molar-refractivity contribution in [2.75, 3.05) is 32.5 Å². The van der Waals surface area contributed by atoms with E-state index in [4.69, 9.17) is 0 Å². The van der Waals surface area contributed by atoms with Crippen LogP contribution in [0.25, 0.3) is 0 Å². The first-order chi connectivity index (χ1) is 11.0. The predicted molar refractivity (Wildman–Crippen MR) is 93.6 cm³/mol. The number of benzene rings is 1. The number of aromatic nitrogens is 1. The minimum Gasteiger partial charge on any atom is -0.366 e. The van der Waals surface area contributed by atoms with Crippen molar-refractivity contribution in [3.05, 3.63) is 59.3 Å². The van der Waals surface area contributed by atoms with Gasteiger partial charge in [-0.1, -0.05) is 18.2 Å². The molecule has 0 aliphatic heterocycles. The Balaban J connectivity index is 1.92. The predicted octanol–water partition coefficient (Wildman–Crippen LogP) is 2.29. The van der Waals surface area contributed by atoms with E-state index in [9.17, 15) is 4.79 Å². The fourth-order valence-electron chi connectivity index (χ4n) is 2.15. The fraction of sp³-hybridized carbons (Fsp3) is 0.333. The molecule has 23 heavy (non-hydrogen) atoms. The van der Waals surface area contributed by atoms with Gasteiger partial charge in [0.15, 0.2) is 0 Å². The highest BCUT2D eigenvalue weighted by atomic mass is 16.1. The second kappa shape index (κ2) is 8.29. The summed E-state index contributed by atoms with van der Waals surface area (Å²) in [5.74, 6) is 0.799. The number of pyridine rings is 1. The van der Waals surface area contributed by atoms with Crippen LogP contribution in [0.5, 0.6) is 0 Å². The van der Waals surface area contributed by atoms with Crippen LogP contribution in [0.15, 0.2) is 42.5 Å². The molecule has 0 saturated heterocycles. The average molecular weight is 312 g/mol. The maximum atomic E-state index is 12.1. The molecule has 2 aromatic rings. The molecular weight excluding hydrogens is 288 g/mol. The highest BCUT2D eigenvalue weighted by molar-refractivity contribution is 5.94. The van der Waals surface area contributed by atoms with E-state index in [1.165, 1.54) is 0 Å². The van der Waals surface area contributed by atoms with Gasteiger partial charge in [-0.2, -0.15) is 0 Å². The number of aryl methyl sites for hydroxylation is 1. The van der Waals surface area contributed by atoms with E-state index in [-0.39, 0.29) is 5.91 Å². The molecule has 122 valence electrons. The van der Waals surface area contributed by atoms with Gasteiger partial charge in [-0.15, -0.1) is 0 Å². The Morgan fingerprint density at radius 2 is 1.96 bits per heavy atom. The average Bonchev–Trinajstić information content (AvgIpc) is 2.53. The van der Waals surface area contributed by atoms with Crippen molar-refractivity contribution >= 4 is 11.7 Å². The lowest BCUT2D eigenvalue weighted by Gasteiger charge is -2.11. The summed E-state index contributed by atoms with van der Waals surface area (Å²) in [5, 5.41) is 6.20. The molecule has 2 N–H and O–H groups in total. The Morgan fingerprint density at radius 1 is 1.17 bits per heavy atom. The first-order valence-electron chi connectivity index (χ1n) is 7.74. The second-order valence-corrected chi connectivity index (χ2v) is 5.78. The minimum absolute atomic E-state index is 0.0395. The zero-order valence-electron chi connectivity index (χ0n) is 14.0. The normalized spacial score (nSPS) is 10.6. The molecule has 0 radical (unpaired) electrons. The lowest BCUT2D eigenvalue weighted by Crippen LogP contribution is -2.31. The molecule has 1 aromatic heterocycles. The zero-order chi connectivity index (χ0) is 16.7. The summed E-state index contributed by atoms with van der Waals surface area (Å²) < 4.78 is 0. The SMILES string of the molecule is Cc1cccc(NCc2cccc(C(=O)NCCN(C)C)c2)n1. The maximum absolute atomic E-state index is 12.1. The van der Waals surface area contributed by atoms with Gasteiger partial charge in [0.05, 0.1) is 0 Å². The second-order valence-electron chi connectivity index (χ2n) is 5.78. The molecule has 0 atom stereocenters. The molecule has 2 rings (SSSR count). The summed E-state index contributed by atoms with van der Waals surface area (Å²) in [6.45, 7) is 4.06. The molecule has 0 aliphatic rings. The summed E-state index contributed by atoms with van der Waals surface area (Å²) >= 11 is 0. The smallest absolute Gasteiger partial charge is 0.251 e. The van der Waals surface area contributed by atoms with Gasteiger partial charge in [-0.25, -0.2) is 4.98 Å². The minimum atomic E-state index is -0.0395. The third-order valence-electron chi connectivity index (χ3n) is 3.40. The van der Waals surface area contributed by atoms with Crippen molar-refractivity contribution in [1.82, 2.24) is 15.2 Å². The molecular formula is C18H24N4O. The number of rotatable bonds is 7. The van der Waals surface area contributed by atoms with E-state index in [0.29, 0.717) is 18.7 Å². The third kappa shape index (κ3) is 5.71. The first-order valence-corrected chi connectivity index (χ1v) is 7.74. The van der Waals surface area contributed by atoms with Gasteiger partial charge in [-0.3, -0.25) is 4.79 Å². The van der Waals surface area contributed by atoms with Crippen LogP contribution in [0, 0.1) is 6.92 Å². The van der Waals surface area contributed by atoms with Crippen LogP contribution in [0.1, 0.15) is 21.6 Å². The van der Waals surface area contributed by atoms with E-state index in [2.05, 4.69) is 15.6 Å². The largest absolute Gasteiger partial charge is 0.366 e. The van der Waals surface area contributed by atoms with Crippen molar-refractivity contribution in [3.8, 4) is 0 Å². The topological polar surface area (TPSA) is 57.3 Å². The molecule has 0 spiro atoms. The lowest BCUT2D eigenvalue weighted by molar-refractivity contribution is 0.0951. The molecule has 1 aromatic carbocycles. The Labute approximate surface area is 137 Å². The van der Waals surface area contributed by atoms with E-state index < -0.39 is 0 Å². The number of carbonyl (C=O) groups excluding carboxylic acids is 1. The van der Waals surface area contributed by atoms with Gasteiger partial charge >= 0.3 is 0 Å². The van der Waals surface area contributed by atoms with Gasteiger partial charge in [0.1, 0.15) is 5.82 Å². The highest BCUT2D eigenvalue weighted by Gasteiger charge is 2.06. The Hall–Kier alpha value is -2.40. The third-order valence-corrected chi connectivity index (χ3v) is 3.40. The summed E-state index contributed by atoms with van der Waals surface area (Å²) in [7, 11) is 3.97. The van der Waals surface area contributed by atoms with Crippen LogP contribution < -0.4 is 10.6 Å². The highest BCUT2D eigenvalue weighted by Crippen LogP contribution is 2.09. The molecule has 0 aliphatic carbocycles. The quantitative estimate of drug-likeness (QED) is 0.823. The maximum Gasteiger partial charge on any atom is 0.251 e. The van der Waals surface area contributed by atoms with Crippen LogP contribution in [0.2, 0.25) is 0 Å². The van der Waals surface area contributed by atoms with Gasteiger partial charge in [-0.05, 0) is 50.8 Å². The molecule has 0 unspecified atom stereocenters. The van der Waals surface area contributed by atoms with Crippen molar-refractivity contribution < 1.29 is 4.79 Å². The molecule has 0 bridgehead atoms. The van der Waals surface area contributed by atoms with Gasteiger partial charge in [0, 0.05) is 30.9 Å². The van der Waals surface area contributed by atoms with Crippen molar-refractivity contribution in [2.45, 2.75) is 13.5 Å². The number of hydrogen-bond donors (Lipinski definition) is 2. The molecule has 1 amide bonds. The van der Waals surface area contributed by atoms with Crippen molar-refractivity contribution in [2.24, 2.45) is 0 Å². The van der Waals surface area contributed by atoms with Crippen molar-refractivity contribution in [3.63, 3.8) is 0 Å². The summed E-state index contributed by atoms with van der Waals surface area (Å²) in [5.41, 5.74) is 2.71. The van der Waals surface area contributed by atoms with Crippen LogP contribution in [-0.4, -0.2) is 43.0 Å². The molecule has 1 heterocycles. The number of anilines is 1. The number of nitrogens with zero attached hydrogens (tertiary/aromatic N) is 2. The Morgan fingerprint density at radius 3 is 2.70 bits per heavy atom. The van der Waals surface area contributed by atoms with Crippen molar-refractivity contribution in [1.29, 1.82) is 0 Å². The number of likely N-dealkylation sites (N-methyl/N-ethyl adjacent to an activating group) is 1. The van der Waals surface area contributed by atoms with Crippen LogP contribution >= 0.6 is 0 Å². The summed E-state index contributed by atoms with van der Waals surface area (Å²) in [6.07, 6.45) is 0. The molecule has 0 saturated carbocycles. The van der Waals surface area contributed by atoms with Crippen LogP contribution in [-0.2, 0) is 6.54 Å². The van der Waals surface area contributed by atoms with Crippen LogP contribution in [0.4, 0.5) is 5.82 Å². The number of carbonyl (C=O) groups is 1. The number of hydrogen-bond acceptors (Lipinski definition) is 4. The molecule has 5 nitrogen and oxygen atoms in total. The Bertz CT molecular complexity index is 655. The first kappa shape index (κ1) is 17.0. The fourth-order valence-corrected chi connectivity index (χ4v) is 2.15. The van der Waals surface area contributed by atoms with Crippen LogP contribution in [0.3, 0.4) is 0 Å². The van der Waals surface area contributed by atoms with Gasteiger partial charge in [0.2, 0.25) is 0 Å². The summed E-state index contributed by atoms with van der Waals surface area (Å²) in [6, 6.07) is 13.5. The number of nitrogens with one attached hydrogen (secondary N) is 2. The van der Waals surface area contributed by atoms with Gasteiger partial charge in [0.25, 0.3) is 5.91 Å². The van der Waals surface area contributed by atoms with E-state index >= 15 is 0 Å². The van der Waals surface area contributed by atoms with E-state index in [1.807, 2.05) is 68.4 Å². The number of amides is 1. The van der Waals surface area contributed by atoms with Gasteiger partial charge < -0.3 is 15.5 Å². The standard InChI is InChI=1S/C18H24N4O/c1-14-6-4-9-17(21-14)20-13-15-7-5-8-16(12-15)18(23)19-10-11-22(2)3/h4-9,12H,10-11,13H2,1-3H3,(H,19,23)(H,20,21).